The van der Waals surface area contributed by atoms with Crippen LogP contribution in [0.1, 0.15) is 39.5 Å². The Morgan fingerprint density at radius 2 is 2.00 bits per heavy atom. The molecule has 0 heterocycles. The number of hydrogen-bond donors (Lipinski definition) is 1. The minimum absolute atomic E-state index is 0.418. The van der Waals surface area contributed by atoms with Gasteiger partial charge < -0.3 is 5.73 Å². The topological polar surface area (TPSA) is 26.0 Å². The summed E-state index contributed by atoms with van der Waals surface area (Å²) in [4.78, 5) is 0. The number of nitrogens with two attached hydrogens (primary N) is 1. The average Bonchev–Trinajstić information content (AvgIpc) is 2.04. The minimum Gasteiger partial charge on any atom is -0.327 e. The summed E-state index contributed by atoms with van der Waals surface area (Å²) in [6.07, 6.45) is 5.16. The molecule has 0 aliphatic heterocycles. The maximum absolute atomic E-state index is 5.77. The van der Waals surface area contributed by atoms with E-state index in [0.717, 1.165) is 12.2 Å². The predicted molar refractivity (Wildman–Crippen MR) is 55.1 cm³/mol. The highest BCUT2D eigenvalue weighted by atomic mass is 32.2. The van der Waals surface area contributed by atoms with Gasteiger partial charge in [-0.15, -0.1) is 0 Å². The lowest BCUT2D eigenvalue weighted by molar-refractivity contribution is 0.722. The lowest BCUT2D eigenvalue weighted by Crippen LogP contribution is -2.21. The lowest BCUT2D eigenvalue weighted by Gasteiger charge is -2.06. The first kappa shape index (κ1) is 11.3. The quantitative estimate of drug-likeness (QED) is 0.602. The van der Waals surface area contributed by atoms with E-state index in [2.05, 4.69) is 13.8 Å². The molecule has 0 aromatic carbocycles. The van der Waals surface area contributed by atoms with E-state index in [1.807, 2.05) is 11.8 Å². The van der Waals surface area contributed by atoms with Crippen molar-refractivity contribution < 1.29 is 0 Å². The van der Waals surface area contributed by atoms with Crippen LogP contribution in [-0.4, -0.2) is 17.5 Å². The zero-order valence-corrected chi connectivity index (χ0v) is 8.62. The van der Waals surface area contributed by atoms with Gasteiger partial charge >= 0.3 is 0 Å². The van der Waals surface area contributed by atoms with Crippen LogP contribution in [0, 0.1) is 0 Å². The Balaban J connectivity index is 2.89. The third-order valence-electron chi connectivity index (χ3n) is 1.75. The van der Waals surface area contributed by atoms with Crippen LogP contribution in [0.2, 0.25) is 0 Å². The van der Waals surface area contributed by atoms with Crippen molar-refractivity contribution in [1.29, 1.82) is 0 Å². The van der Waals surface area contributed by atoms with Gasteiger partial charge in [-0.3, -0.25) is 0 Å². The second-order valence-corrected chi connectivity index (χ2v) is 4.10. The van der Waals surface area contributed by atoms with Crippen LogP contribution < -0.4 is 5.73 Å². The van der Waals surface area contributed by atoms with Crippen molar-refractivity contribution in [3.63, 3.8) is 0 Å². The summed E-state index contributed by atoms with van der Waals surface area (Å²) in [6, 6.07) is 0.418. The molecule has 1 atom stereocenters. The van der Waals surface area contributed by atoms with Crippen molar-refractivity contribution in [3.05, 3.63) is 0 Å². The van der Waals surface area contributed by atoms with Crippen LogP contribution in [0.5, 0.6) is 0 Å². The smallest absolute Gasteiger partial charge is 0.0127 e. The van der Waals surface area contributed by atoms with Crippen LogP contribution in [0.25, 0.3) is 0 Å². The van der Waals surface area contributed by atoms with E-state index in [1.165, 1.54) is 25.0 Å². The monoisotopic (exact) mass is 175 g/mol. The van der Waals surface area contributed by atoms with E-state index < -0.39 is 0 Å². The van der Waals surface area contributed by atoms with Crippen molar-refractivity contribution in [2.75, 3.05) is 11.5 Å². The highest BCUT2D eigenvalue weighted by molar-refractivity contribution is 7.99. The summed E-state index contributed by atoms with van der Waals surface area (Å²) in [6.45, 7) is 4.39. The van der Waals surface area contributed by atoms with Crippen LogP contribution in [0.4, 0.5) is 0 Å². The molecule has 0 aromatic rings. The molecule has 0 rings (SSSR count). The van der Waals surface area contributed by atoms with Gasteiger partial charge in [-0.1, -0.05) is 26.7 Å². The van der Waals surface area contributed by atoms with Gasteiger partial charge in [-0.2, -0.15) is 11.8 Å². The summed E-state index contributed by atoms with van der Waals surface area (Å²) in [5, 5.41) is 0. The largest absolute Gasteiger partial charge is 0.327 e. The Bertz CT molecular complexity index is 76.0. The molecule has 0 saturated carbocycles. The van der Waals surface area contributed by atoms with Crippen LogP contribution in [0.3, 0.4) is 0 Å². The number of hydrogen-bond acceptors (Lipinski definition) is 2. The van der Waals surface area contributed by atoms with Crippen LogP contribution in [0.15, 0.2) is 0 Å². The van der Waals surface area contributed by atoms with Gasteiger partial charge in [-0.25, -0.2) is 0 Å². The molecule has 0 aromatic heterocycles. The molecule has 0 amide bonds. The van der Waals surface area contributed by atoms with Gasteiger partial charge in [0.2, 0.25) is 0 Å². The van der Waals surface area contributed by atoms with Gasteiger partial charge in [0.05, 0.1) is 0 Å². The fourth-order valence-electron chi connectivity index (χ4n) is 0.807. The number of thioether (sulfide) groups is 1. The average molecular weight is 175 g/mol. The second kappa shape index (κ2) is 8.41. The zero-order valence-electron chi connectivity index (χ0n) is 7.81. The molecule has 68 valence electrons. The Morgan fingerprint density at radius 3 is 2.55 bits per heavy atom. The summed E-state index contributed by atoms with van der Waals surface area (Å²) < 4.78 is 0. The van der Waals surface area contributed by atoms with Gasteiger partial charge in [0.25, 0.3) is 0 Å². The predicted octanol–water partition coefficient (Wildman–Crippen LogP) is 2.65. The van der Waals surface area contributed by atoms with Gasteiger partial charge in [0, 0.05) is 11.8 Å². The molecule has 2 heteroatoms. The first-order valence-electron chi connectivity index (χ1n) is 4.64. The van der Waals surface area contributed by atoms with Crippen LogP contribution >= 0.6 is 11.8 Å². The normalized spacial score (nSPS) is 13.4. The zero-order chi connectivity index (χ0) is 8.53. The Labute approximate surface area is 75.1 Å². The minimum atomic E-state index is 0.418. The van der Waals surface area contributed by atoms with E-state index in [-0.39, 0.29) is 0 Å². The van der Waals surface area contributed by atoms with E-state index in [9.17, 15) is 0 Å². The Hall–Kier alpha value is 0.310. The van der Waals surface area contributed by atoms with Gasteiger partial charge in [-0.05, 0) is 18.6 Å². The second-order valence-electron chi connectivity index (χ2n) is 2.95. The molecule has 11 heavy (non-hydrogen) atoms. The SMILES string of the molecule is CCCCCSCC(N)CC. The Morgan fingerprint density at radius 1 is 1.27 bits per heavy atom. The van der Waals surface area contributed by atoms with E-state index in [1.54, 1.807) is 0 Å². The molecule has 0 saturated heterocycles. The molecule has 0 fully saturated rings. The van der Waals surface area contributed by atoms with Gasteiger partial charge in [0.1, 0.15) is 0 Å². The fraction of sp³-hybridized carbons (Fsp3) is 1.00. The van der Waals surface area contributed by atoms with Crippen LogP contribution in [-0.2, 0) is 0 Å². The van der Waals surface area contributed by atoms with E-state index >= 15 is 0 Å². The molecule has 1 unspecified atom stereocenters. The molecular formula is C9H21NS. The van der Waals surface area contributed by atoms with Crippen molar-refractivity contribution in [3.8, 4) is 0 Å². The summed E-state index contributed by atoms with van der Waals surface area (Å²) in [5.41, 5.74) is 5.77. The molecular weight excluding hydrogens is 154 g/mol. The standard InChI is InChI=1S/C9H21NS/c1-3-5-6-7-11-8-9(10)4-2/h9H,3-8,10H2,1-2H3. The highest BCUT2D eigenvalue weighted by Crippen LogP contribution is 2.07. The maximum Gasteiger partial charge on any atom is 0.0127 e. The molecule has 0 bridgehead atoms. The summed E-state index contributed by atoms with van der Waals surface area (Å²) in [7, 11) is 0. The molecule has 0 radical (unpaired) electrons. The molecule has 1 nitrogen and oxygen atoms in total. The maximum atomic E-state index is 5.77. The van der Waals surface area contributed by atoms with Gasteiger partial charge in [0.15, 0.2) is 0 Å². The number of rotatable bonds is 7. The lowest BCUT2D eigenvalue weighted by atomic mass is 10.3. The first-order valence-corrected chi connectivity index (χ1v) is 5.80. The fourth-order valence-corrected chi connectivity index (χ4v) is 1.92. The molecule has 0 aliphatic rings. The number of unbranched alkanes of at least 4 members (excludes halogenated alkanes) is 2. The van der Waals surface area contributed by atoms with Crippen molar-refractivity contribution in [2.24, 2.45) is 5.73 Å². The third-order valence-corrected chi connectivity index (χ3v) is 2.99. The molecule has 0 spiro atoms. The van der Waals surface area contributed by atoms with Crippen molar-refractivity contribution in [1.82, 2.24) is 0 Å². The van der Waals surface area contributed by atoms with Crippen molar-refractivity contribution >= 4 is 11.8 Å². The third kappa shape index (κ3) is 8.21. The molecule has 0 aliphatic carbocycles. The summed E-state index contributed by atoms with van der Waals surface area (Å²) in [5.74, 6) is 2.43. The Kier molecular flexibility index (Phi) is 8.64. The highest BCUT2D eigenvalue weighted by Gasteiger charge is 1.97. The van der Waals surface area contributed by atoms with E-state index in [0.29, 0.717) is 6.04 Å². The molecule has 2 N–H and O–H groups in total. The van der Waals surface area contributed by atoms with E-state index in [4.69, 9.17) is 5.73 Å². The summed E-state index contributed by atoms with van der Waals surface area (Å²) >= 11 is 2.00. The first-order chi connectivity index (χ1) is 5.31. The van der Waals surface area contributed by atoms with Crippen molar-refractivity contribution in [2.45, 2.75) is 45.6 Å².